The van der Waals surface area contributed by atoms with E-state index in [1.54, 1.807) is 6.20 Å². The lowest BCUT2D eigenvalue weighted by Crippen LogP contribution is -1.92. The number of nitrogens with two attached hydrogens (primary N) is 1. The highest BCUT2D eigenvalue weighted by molar-refractivity contribution is 5.96. The topological polar surface area (TPSA) is 54.7 Å². The first-order valence-electron chi connectivity index (χ1n) is 5.13. The standard InChI is InChI=1S/C13H11N3/c14-11-4-2-7-16-13(11)10-3-1-5-12-9(10)6-8-15-12/h1-8,15H,14H2. The van der Waals surface area contributed by atoms with Gasteiger partial charge in [0.1, 0.15) is 0 Å². The number of aromatic amines is 1. The first kappa shape index (κ1) is 8.97. The van der Waals surface area contributed by atoms with Crippen LogP contribution in [0, 0.1) is 0 Å². The van der Waals surface area contributed by atoms with Crippen molar-refractivity contribution in [3.63, 3.8) is 0 Å². The van der Waals surface area contributed by atoms with E-state index in [0.717, 1.165) is 22.2 Å². The second-order valence-corrected chi connectivity index (χ2v) is 3.69. The normalized spacial score (nSPS) is 10.8. The van der Waals surface area contributed by atoms with Crippen molar-refractivity contribution < 1.29 is 0 Å². The summed E-state index contributed by atoms with van der Waals surface area (Å²) in [4.78, 5) is 7.52. The minimum atomic E-state index is 0.705. The second-order valence-electron chi connectivity index (χ2n) is 3.69. The molecule has 3 rings (SSSR count). The van der Waals surface area contributed by atoms with E-state index in [1.165, 1.54) is 0 Å². The number of anilines is 1. The first-order valence-corrected chi connectivity index (χ1v) is 5.13. The lowest BCUT2D eigenvalue weighted by Gasteiger charge is -2.05. The maximum atomic E-state index is 5.94. The van der Waals surface area contributed by atoms with Gasteiger partial charge in [-0.25, -0.2) is 0 Å². The molecule has 3 nitrogen and oxygen atoms in total. The molecule has 3 aromatic rings. The van der Waals surface area contributed by atoms with Crippen LogP contribution in [0.25, 0.3) is 22.2 Å². The SMILES string of the molecule is Nc1cccnc1-c1cccc2[nH]ccc12. The third-order valence-corrected chi connectivity index (χ3v) is 2.69. The van der Waals surface area contributed by atoms with E-state index < -0.39 is 0 Å². The van der Waals surface area contributed by atoms with Gasteiger partial charge in [0.2, 0.25) is 0 Å². The van der Waals surface area contributed by atoms with Gasteiger partial charge in [-0.15, -0.1) is 0 Å². The van der Waals surface area contributed by atoms with Gasteiger partial charge in [-0.05, 0) is 24.3 Å². The van der Waals surface area contributed by atoms with Crippen LogP contribution in [0.2, 0.25) is 0 Å². The van der Waals surface area contributed by atoms with Gasteiger partial charge >= 0.3 is 0 Å². The van der Waals surface area contributed by atoms with Gasteiger partial charge in [0.05, 0.1) is 11.4 Å². The molecule has 0 spiro atoms. The van der Waals surface area contributed by atoms with Crippen molar-refractivity contribution in [3.05, 3.63) is 48.8 Å². The maximum Gasteiger partial charge on any atom is 0.0937 e. The molecule has 2 heterocycles. The molecule has 0 unspecified atom stereocenters. The average molecular weight is 209 g/mol. The number of nitrogens with one attached hydrogen (secondary N) is 1. The van der Waals surface area contributed by atoms with E-state index in [9.17, 15) is 0 Å². The molecular formula is C13H11N3. The van der Waals surface area contributed by atoms with Crippen molar-refractivity contribution in [3.8, 4) is 11.3 Å². The summed E-state index contributed by atoms with van der Waals surface area (Å²) in [5.41, 5.74) is 9.65. The van der Waals surface area contributed by atoms with E-state index in [1.807, 2.05) is 42.6 Å². The lowest BCUT2D eigenvalue weighted by molar-refractivity contribution is 1.34. The van der Waals surface area contributed by atoms with E-state index in [-0.39, 0.29) is 0 Å². The molecule has 1 aromatic carbocycles. The van der Waals surface area contributed by atoms with Crippen molar-refractivity contribution in [1.82, 2.24) is 9.97 Å². The zero-order valence-corrected chi connectivity index (χ0v) is 8.64. The molecule has 0 radical (unpaired) electrons. The molecule has 0 fully saturated rings. The largest absolute Gasteiger partial charge is 0.397 e. The van der Waals surface area contributed by atoms with Gasteiger partial charge in [-0.1, -0.05) is 12.1 Å². The third-order valence-electron chi connectivity index (χ3n) is 2.69. The molecule has 0 bridgehead atoms. The Hall–Kier alpha value is -2.29. The Morgan fingerprint density at radius 2 is 2.00 bits per heavy atom. The molecule has 3 heteroatoms. The molecule has 0 amide bonds. The highest BCUT2D eigenvalue weighted by Crippen LogP contribution is 2.29. The van der Waals surface area contributed by atoms with Crippen LogP contribution in [-0.4, -0.2) is 9.97 Å². The van der Waals surface area contributed by atoms with Crippen LogP contribution in [0.1, 0.15) is 0 Å². The van der Waals surface area contributed by atoms with Crippen LogP contribution < -0.4 is 5.73 Å². The molecule has 3 N–H and O–H groups in total. The van der Waals surface area contributed by atoms with Gasteiger partial charge in [-0.3, -0.25) is 4.98 Å². The highest BCUT2D eigenvalue weighted by atomic mass is 14.7. The summed E-state index contributed by atoms with van der Waals surface area (Å²) in [5.74, 6) is 0. The summed E-state index contributed by atoms with van der Waals surface area (Å²) in [6.07, 6.45) is 3.68. The zero-order valence-electron chi connectivity index (χ0n) is 8.64. The Bertz CT molecular complexity index is 640. The van der Waals surface area contributed by atoms with Crippen LogP contribution in [0.5, 0.6) is 0 Å². The van der Waals surface area contributed by atoms with E-state index in [2.05, 4.69) is 9.97 Å². The number of nitrogen functional groups attached to an aromatic ring is 1. The number of aromatic nitrogens is 2. The van der Waals surface area contributed by atoms with Crippen LogP contribution >= 0.6 is 0 Å². The van der Waals surface area contributed by atoms with Gasteiger partial charge in [-0.2, -0.15) is 0 Å². The molecule has 16 heavy (non-hydrogen) atoms. The van der Waals surface area contributed by atoms with E-state index in [4.69, 9.17) is 5.73 Å². The van der Waals surface area contributed by atoms with Crippen molar-refractivity contribution in [1.29, 1.82) is 0 Å². The fourth-order valence-electron chi connectivity index (χ4n) is 1.93. The molecule has 0 aliphatic carbocycles. The Morgan fingerprint density at radius 1 is 1.06 bits per heavy atom. The van der Waals surface area contributed by atoms with Crippen LogP contribution in [0.3, 0.4) is 0 Å². The van der Waals surface area contributed by atoms with Gasteiger partial charge in [0.15, 0.2) is 0 Å². The molecular weight excluding hydrogens is 198 g/mol. The molecule has 0 saturated carbocycles. The number of rotatable bonds is 1. The van der Waals surface area contributed by atoms with Gasteiger partial charge < -0.3 is 10.7 Å². The van der Waals surface area contributed by atoms with Crippen LogP contribution in [0.4, 0.5) is 5.69 Å². The Labute approximate surface area is 92.9 Å². The molecule has 0 saturated heterocycles. The lowest BCUT2D eigenvalue weighted by atomic mass is 10.1. The predicted molar refractivity (Wildman–Crippen MR) is 65.9 cm³/mol. The summed E-state index contributed by atoms with van der Waals surface area (Å²) in [6.45, 7) is 0. The van der Waals surface area contributed by atoms with Crippen molar-refractivity contribution in [2.75, 3.05) is 5.73 Å². The van der Waals surface area contributed by atoms with Gasteiger partial charge in [0, 0.05) is 28.9 Å². The first-order chi connectivity index (χ1) is 7.86. The summed E-state index contributed by atoms with van der Waals surface area (Å²) in [7, 11) is 0. The van der Waals surface area contributed by atoms with Crippen molar-refractivity contribution >= 4 is 16.6 Å². The predicted octanol–water partition coefficient (Wildman–Crippen LogP) is 2.81. The minimum Gasteiger partial charge on any atom is -0.397 e. The summed E-state index contributed by atoms with van der Waals surface area (Å²) in [5, 5.41) is 1.15. The smallest absolute Gasteiger partial charge is 0.0937 e. The quantitative estimate of drug-likeness (QED) is 0.647. The fourth-order valence-corrected chi connectivity index (χ4v) is 1.93. The molecule has 2 aromatic heterocycles. The molecule has 0 aliphatic heterocycles. The summed E-state index contributed by atoms with van der Waals surface area (Å²) >= 11 is 0. The van der Waals surface area contributed by atoms with E-state index >= 15 is 0 Å². The number of H-pyrrole nitrogens is 1. The maximum absolute atomic E-state index is 5.94. The minimum absolute atomic E-state index is 0.705. The molecule has 0 aliphatic rings. The number of benzene rings is 1. The van der Waals surface area contributed by atoms with E-state index in [0.29, 0.717) is 5.69 Å². The number of pyridine rings is 1. The van der Waals surface area contributed by atoms with Gasteiger partial charge in [0.25, 0.3) is 0 Å². The number of fused-ring (bicyclic) bond motifs is 1. The highest BCUT2D eigenvalue weighted by Gasteiger charge is 2.07. The average Bonchev–Trinajstić information content (AvgIpc) is 2.77. The summed E-state index contributed by atoms with van der Waals surface area (Å²) < 4.78 is 0. The Kier molecular flexibility index (Phi) is 1.90. The zero-order chi connectivity index (χ0) is 11.0. The Balaban J connectivity index is 2.34. The summed E-state index contributed by atoms with van der Waals surface area (Å²) in [6, 6.07) is 11.8. The van der Waals surface area contributed by atoms with Crippen molar-refractivity contribution in [2.45, 2.75) is 0 Å². The fraction of sp³-hybridized carbons (Fsp3) is 0. The number of hydrogen-bond donors (Lipinski definition) is 2. The second kappa shape index (κ2) is 3.38. The van der Waals surface area contributed by atoms with Crippen LogP contribution in [0.15, 0.2) is 48.8 Å². The van der Waals surface area contributed by atoms with Crippen molar-refractivity contribution in [2.24, 2.45) is 0 Å². The van der Waals surface area contributed by atoms with Crippen LogP contribution in [-0.2, 0) is 0 Å². The number of hydrogen-bond acceptors (Lipinski definition) is 2. The molecule has 0 atom stereocenters. The number of nitrogens with zero attached hydrogens (tertiary/aromatic N) is 1. The molecule has 78 valence electrons. The monoisotopic (exact) mass is 209 g/mol. The third kappa shape index (κ3) is 1.26. The Morgan fingerprint density at radius 3 is 2.88 bits per heavy atom.